The van der Waals surface area contributed by atoms with E-state index in [0.29, 0.717) is 0 Å². The predicted molar refractivity (Wildman–Crippen MR) is 46.1 cm³/mol. The van der Waals surface area contributed by atoms with Crippen molar-refractivity contribution in [2.45, 2.75) is 37.4 Å². The van der Waals surface area contributed by atoms with Gasteiger partial charge in [-0.25, -0.2) is 0 Å². The molecule has 0 fully saturated rings. The minimum atomic E-state index is -0.457. The minimum Gasteiger partial charge on any atom is -0.368 e. The zero-order valence-electron chi connectivity index (χ0n) is 6.48. The molecular formula is C7H14BrNO. The van der Waals surface area contributed by atoms with Crippen LogP contribution in [0.3, 0.4) is 0 Å². The lowest BCUT2D eigenvalue weighted by Gasteiger charge is -2.20. The number of carbonyl (C=O) groups excluding carboxylic acids is 1. The first kappa shape index (κ1) is 9.95. The van der Waals surface area contributed by atoms with E-state index in [0.717, 1.165) is 19.3 Å². The van der Waals surface area contributed by atoms with Crippen LogP contribution in [0, 0.1) is 0 Å². The second-order valence-corrected chi connectivity index (χ2v) is 3.95. The van der Waals surface area contributed by atoms with Crippen LogP contribution in [0.2, 0.25) is 0 Å². The Labute approximate surface area is 70.3 Å². The number of alkyl halides is 1. The molecule has 0 rings (SSSR count). The van der Waals surface area contributed by atoms with Gasteiger partial charge >= 0.3 is 0 Å². The zero-order chi connectivity index (χ0) is 8.20. The van der Waals surface area contributed by atoms with E-state index >= 15 is 0 Å². The summed E-state index contributed by atoms with van der Waals surface area (Å²) in [5.41, 5.74) is 5.18. The normalized spacial score (nSPS) is 16.3. The largest absolute Gasteiger partial charge is 0.368 e. The van der Waals surface area contributed by atoms with Gasteiger partial charge in [0, 0.05) is 0 Å². The fraction of sp³-hybridized carbons (Fsp3) is 0.857. The number of hydrogen-bond donors (Lipinski definition) is 1. The Morgan fingerprint density at radius 2 is 2.10 bits per heavy atom. The molecule has 1 unspecified atom stereocenters. The fourth-order valence-electron chi connectivity index (χ4n) is 0.870. The molecule has 0 aromatic rings. The van der Waals surface area contributed by atoms with Crippen LogP contribution in [-0.2, 0) is 4.79 Å². The SMILES string of the molecule is CCCC(Br)(CC)C(N)=O. The zero-order valence-corrected chi connectivity index (χ0v) is 8.07. The van der Waals surface area contributed by atoms with Crippen LogP contribution in [-0.4, -0.2) is 10.2 Å². The number of nitrogens with two attached hydrogens (primary N) is 1. The van der Waals surface area contributed by atoms with Crippen molar-refractivity contribution in [3.8, 4) is 0 Å². The third-order valence-electron chi connectivity index (χ3n) is 1.65. The standard InChI is InChI=1S/C7H14BrNO/c1-3-5-7(8,4-2)6(9)10/h3-5H2,1-2H3,(H2,9,10). The van der Waals surface area contributed by atoms with Crippen LogP contribution >= 0.6 is 15.9 Å². The Kier molecular flexibility index (Phi) is 3.94. The molecule has 0 aliphatic carbocycles. The third kappa shape index (κ3) is 2.29. The maximum atomic E-state index is 10.8. The topological polar surface area (TPSA) is 43.1 Å². The molecule has 0 radical (unpaired) electrons. The van der Waals surface area contributed by atoms with E-state index in [-0.39, 0.29) is 5.91 Å². The second-order valence-electron chi connectivity index (χ2n) is 2.43. The molecule has 0 spiro atoms. The molecule has 60 valence electrons. The van der Waals surface area contributed by atoms with E-state index in [1.54, 1.807) is 0 Å². The quantitative estimate of drug-likeness (QED) is 0.703. The fourth-order valence-corrected chi connectivity index (χ4v) is 1.27. The van der Waals surface area contributed by atoms with Gasteiger partial charge in [0.05, 0.1) is 0 Å². The van der Waals surface area contributed by atoms with E-state index < -0.39 is 4.32 Å². The van der Waals surface area contributed by atoms with Crippen molar-refractivity contribution in [2.24, 2.45) is 5.73 Å². The monoisotopic (exact) mass is 207 g/mol. The number of carbonyl (C=O) groups is 1. The second kappa shape index (κ2) is 3.96. The Bertz CT molecular complexity index is 127. The van der Waals surface area contributed by atoms with Crippen molar-refractivity contribution in [3.05, 3.63) is 0 Å². The Morgan fingerprint density at radius 3 is 2.20 bits per heavy atom. The highest BCUT2D eigenvalue weighted by Gasteiger charge is 2.29. The summed E-state index contributed by atoms with van der Waals surface area (Å²) in [6.07, 6.45) is 2.55. The lowest BCUT2D eigenvalue weighted by atomic mass is 10.0. The summed E-state index contributed by atoms with van der Waals surface area (Å²) in [7, 11) is 0. The highest BCUT2D eigenvalue weighted by Crippen LogP contribution is 2.27. The Morgan fingerprint density at radius 1 is 1.60 bits per heavy atom. The highest BCUT2D eigenvalue weighted by atomic mass is 79.9. The molecule has 0 aliphatic rings. The maximum Gasteiger partial charge on any atom is 0.234 e. The molecule has 10 heavy (non-hydrogen) atoms. The predicted octanol–water partition coefficient (Wildman–Crippen LogP) is 1.82. The molecule has 1 atom stereocenters. The van der Waals surface area contributed by atoms with Crippen molar-refractivity contribution in [3.63, 3.8) is 0 Å². The number of hydrogen-bond acceptors (Lipinski definition) is 1. The highest BCUT2D eigenvalue weighted by molar-refractivity contribution is 9.10. The van der Waals surface area contributed by atoms with Crippen molar-refractivity contribution in [1.82, 2.24) is 0 Å². The lowest BCUT2D eigenvalue weighted by Crippen LogP contribution is -2.37. The first-order valence-electron chi connectivity index (χ1n) is 3.55. The van der Waals surface area contributed by atoms with E-state index in [2.05, 4.69) is 15.9 Å². The van der Waals surface area contributed by atoms with Gasteiger partial charge in [-0.3, -0.25) is 4.79 Å². The van der Waals surface area contributed by atoms with Gasteiger partial charge < -0.3 is 5.73 Å². The Balaban J connectivity index is 4.08. The minimum absolute atomic E-state index is 0.253. The van der Waals surface area contributed by atoms with Gasteiger partial charge in [-0.2, -0.15) is 0 Å². The first-order chi connectivity index (χ1) is 4.56. The average molecular weight is 208 g/mol. The number of halogens is 1. The van der Waals surface area contributed by atoms with E-state index in [1.165, 1.54) is 0 Å². The Hall–Kier alpha value is -0.0500. The number of rotatable bonds is 4. The van der Waals surface area contributed by atoms with E-state index in [9.17, 15) is 4.79 Å². The van der Waals surface area contributed by atoms with Crippen LogP contribution in [0.4, 0.5) is 0 Å². The van der Waals surface area contributed by atoms with Gasteiger partial charge in [0.15, 0.2) is 0 Å². The van der Waals surface area contributed by atoms with Gasteiger partial charge in [-0.15, -0.1) is 0 Å². The molecule has 0 aliphatic heterocycles. The number of amides is 1. The molecule has 2 N–H and O–H groups in total. The van der Waals surface area contributed by atoms with Gasteiger partial charge in [0.25, 0.3) is 0 Å². The molecule has 0 saturated heterocycles. The average Bonchev–Trinajstić information content (AvgIpc) is 1.88. The van der Waals surface area contributed by atoms with Crippen molar-refractivity contribution < 1.29 is 4.79 Å². The van der Waals surface area contributed by atoms with Crippen LogP contribution in [0.1, 0.15) is 33.1 Å². The maximum absolute atomic E-state index is 10.8. The van der Waals surface area contributed by atoms with Crippen LogP contribution in [0.25, 0.3) is 0 Å². The molecule has 3 heteroatoms. The summed E-state index contributed by atoms with van der Waals surface area (Å²) in [6, 6.07) is 0. The molecule has 0 heterocycles. The number of primary amides is 1. The van der Waals surface area contributed by atoms with Gasteiger partial charge in [-0.1, -0.05) is 36.2 Å². The molecule has 0 bridgehead atoms. The van der Waals surface area contributed by atoms with Gasteiger partial charge in [-0.05, 0) is 12.8 Å². The summed E-state index contributed by atoms with van der Waals surface area (Å²) in [4.78, 5) is 10.8. The molecule has 0 aromatic carbocycles. The smallest absolute Gasteiger partial charge is 0.234 e. The van der Waals surface area contributed by atoms with Crippen LogP contribution in [0.15, 0.2) is 0 Å². The first-order valence-corrected chi connectivity index (χ1v) is 4.35. The summed E-state index contributed by atoms with van der Waals surface area (Å²) < 4.78 is -0.457. The van der Waals surface area contributed by atoms with Gasteiger partial charge in [0.1, 0.15) is 4.32 Å². The molecule has 2 nitrogen and oxygen atoms in total. The summed E-state index contributed by atoms with van der Waals surface area (Å²) in [5, 5.41) is 0. The van der Waals surface area contributed by atoms with Crippen molar-refractivity contribution in [2.75, 3.05) is 0 Å². The summed E-state index contributed by atoms with van der Waals surface area (Å²) in [6.45, 7) is 3.99. The summed E-state index contributed by atoms with van der Waals surface area (Å²) in [5.74, 6) is -0.253. The lowest BCUT2D eigenvalue weighted by molar-refractivity contribution is -0.120. The van der Waals surface area contributed by atoms with E-state index in [1.807, 2.05) is 13.8 Å². The summed E-state index contributed by atoms with van der Waals surface area (Å²) >= 11 is 3.33. The van der Waals surface area contributed by atoms with Gasteiger partial charge in [0.2, 0.25) is 5.91 Å². The molecule has 0 aromatic heterocycles. The van der Waals surface area contributed by atoms with Crippen LogP contribution in [0.5, 0.6) is 0 Å². The van der Waals surface area contributed by atoms with Crippen molar-refractivity contribution in [1.29, 1.82) is 0 Å². The van der Waals surface area contributed by atoms with Crippen molar-refractivity contribution >= 4 is 21.8 Å². The molecular weight excluding hydrogens is 194 g/mol. The van der Waals surface area contributed by atoms with E-state index in [4.69, 9.17) is 5.73 Å². The molecule has 0 saturated carbocycles. The molecule has 1 amide bonds. The van der Waals surface area contributed by atoms with Crippen LogP contribution < -0.4 is 5.73 Å². The third-order valence-corrected chi connectivity index (χ3v) is 3.00.